The summed E-state index contributed by atoms with van der Waals surface area (Å²) in [6.07, 6.45) is 0.101. The molecule has 1 fully saturated rings. The van der Waals surface area contributed by atoms with Gasteiger partial charge in [-0.3, -0.25) is 33.8 Å². The van der Waals surface area contributed by atoms with Crippen molar-refractivity contribution in [3.05, 3.63) is 29.3 Å². The lowest BCUT2D eigenvalue weighted by atomic mass is 10.0. The number of hydrogen-bond acceptors (Lipinski definition) is 7. The van der Waals surface area contributed by atoms with Crippen molar-refractivity contribution in [3.63, 3.8) is 0 Å². The molecule has 0 aromatic heterocycles. The van der Waals surface area contributed by atoms with Crippen LogP contribution in [-0.2, 0) is 14.4 Å². The Labute approximate surface area is 154 Å². The number of carbonyl (C=O) groups is 5. The van der Waals surface area contributed by atoms with Crippen LogP contribution in [0.25, 0.3) is 0 Å². The van der Waals surface area contributed by atoms with E-state index in [4.69, 9.17) is 20.7 Å². The van der Waals surface area contributed by atoms with Crippen molar-refractivity contribution < 1.29 is 34.2 Å². The van der Waals surface area contributed by atoms with E-state index in [1.807, 2.05) is 0 Å². The monoisotopic (exact) mass is 377 g/mol. The number of nitrogens with two attached hydrogens (primary N) is 1. The molecular formula is C17H19N3O7. The first-order valence-electron chi connectivity index (χ1n) is 8.11. The maximum absolute atomic E-state index is 12.5. The van der Waals surface area contributed by atoms with Crippen LogP contribution in [0, 0.1) is 0 Å². The SMILES string of the molecule is CC(=O)O.Nc1cccc2c1C(=O)N(C1CCC(=O)N(CCO)C1=O)C2=O. The molecule has 1 aromatic rings. The van der Waals surface area contributed by atoms with E-state index in [1.165, 1.54) is 12.1 Å². The zero-order valence-corrected chi connectivity index (χ0v) is 14.5. The normalized spacial score (nSPS) is 19.0. The molecule has 1 unspecified atom stereocenters. The van der Waals surface area contributed by atoms with Crippen molar-refractivity contribution in [1.82, 2.24) is 9.80 Å². The van der Waals surface area contributed by atoms with E-state index in [-0.39, 0.29) is 42.8 Å². The highest BCUT2D eigenvalue weighted by atomic mass is 16.4. The van der Waals surface area contributed by atoms with Gasteiger partial charge in [0.15, 0.2) is 0 Å². The molecule has 10 nitrogen and oxygen atoms in total. The lowest BCUT2D eigenvalue weighted by Gasteiger charge is -2.34. The van der Waals surface area contributed by atoms with Crippen LogP contribution in [0.1, 0.15) is 40.5 Å². The summed E-state index contributed by atoms with van der Waals surface area (Å²) in [7, 11) is 0. The number of carbonyl (C=O) groups excluding carboxylic acids is 4. The topological polar surface area (TPSA) is 158 Å². The number of aliphatic hydroxyl groups excluding tert-OH is 1. The van der Waals surface area contributed by atoms with Crippen molar-refractivity contribution in [2.45, 2.75) is 25.8 Å². The van der Waals surface area contributed by atoms with Gasteiger partial charge in [0.1, 0.15) is 6.04 Å². The number of carboxylic acid groups (broad SMARTS) is 1. The molecule has 144 valence electrons. The minimum atomic E-state index is -1.05. The second-order valence-corrected chi connectivity index (χ2v) is 5.93. The number of piperidine rings is 1. The number of fused-ring (bicyclic) bond motifs is 1. The molecule has 10 heteroatoms. The van der Waals surface area contributed by atoms with Crippen molar-refractivity contribution in [3.8, 4) is 0 Å². The van der Waals surface area contributed by atoms with Gasteiger partial charge < -0.3 is 15.9 Å². The zero-order valence-electron chi connectivity index (χ0n) is 14.5. The van der Waals surface area contributed by atoms with Crippen molar-refractivity contribution in [2.24, 2.45) is 0 Å². The van der Waals surface area contributed by atoms with Gasteiger partial charge in [0.05, 0.1) is 24.3 Å². The minimum absolute atomic E-state index is 0.0271. The molecule has 0 radical (unpaired) electrons. The zero-order chi connectivity index (χ0) is 20.3. The summed E-state index contributed by atoms with van der Waals surface area (Å²) >= 11 is 0. The molecule has 2 aliphatic rings. The Morgan fingerprint density at radius 2 is 1.85 bits per heavy atom. The van der Waals surface area contributed by atoms with Crippen LogP contribution in [0.15, 0.2) is 18.2 Å². The molecule has 0 bridgehead atoms. The number of likely N-dealkylation sites (tertiary alicyclic amines) is 1. The number of nitrogen functional groups attached to an aromatic ring is 1. The lowest BCUT2D eigenvalue weighted by Crippen LogP contribution is -2.56. The van der Waals surface area contributed by atoms with Crippen LogP contribution in [0.3, 0.4) is 0 Å². The van der Waals surface area contributed by atoms with Gasteiger partial charge in [0, 0.05) is 19.0 Å². The van der Waals surface area contributed by atoms with E-state index in [2.05, 4.69) is 0 Å². The molecule has 4 amide bonds. The highest BCUT2D eigenvalue weighted by Crippen LogP contribution is 2.31. The summed E-state index contributed by atoms with van der Waals surface area (Å²) < 4.78 is 0. The number of hydrogen-bond donors (Lipinski definition) is 3. The third kappa shape index (κ3) is 3.80. The van der Waals surface area contributed by atoms with Gasteiger partial charge in [0.25, 0.3) is 23.7 Å². The molecule has 1 aromatic carbocycles. The summed E-state index contributed by atoms with van der Waals surface area (Å²) in [5, 5.41) is 16.4. The number of nitrogens with zero attached hydrogens (tertiary/aromatic N) is 2. The van der Waals surface area contributed by atoms with E-state index in [0.717, 1.165) is 16.7 Å². The first-order valence-corrected chi connectivity index (χ1v) is 8.11. The second kappa shape index (κ2) is 7.96. The maximum Gasteiger partial charge on any atom is 0.300 e. The Bertz CT molecular complexity index is 817. The Hall–Kier alpha value is -3.27. The quantitative estimate of drug-likeness (QED) is 0.468. The highest BCUT2D eigenvalue weighted by molar-refractivity contribution is 6.25. The van der Waals surface area contributed by atoms with Crippen molar-refractivity contribution >= 4 is 35.3 Å². The average Bonchev–Trinajstić information content (AvgIpc) is 2.84. The summed E-state index contributed by atoms with van der Waals surface area (Å²) in [5.74, 6) is -3.12. The summed E-state index contributed by atoms with van der Waals surface area (Å²) in [6, 6.07) is 3.51. The van der Waals surface area contributed by atoms with E-state index < -0.39 is 35.6 Å². The Morgan fingerprint density at radius 1 is 1.22 bits per heavy atom. The number of amides is 4. The summed E-state index contributed by atoms with van der Waals surface area (Å²) in [6.45, 7) is 0.554. The van der Waals surface area contributed by atoms with E-state index in [0.29, 0.717) is 0 Å². The van der Waals surface area contributed by atoms with Crippen molar-refractivity contribution in [1.29, 1.82) is 0 Å². The van der Waals surface area contributed by atoms with Crippen LogP contribution in [0.4, 0.5) is 5.69 Å². The van der Waals surface area contributed by atoms with Gasteiger partial charge in [0.2, 0.25) is 5.91 Å². The Balaban J connectivity index is 0.000000596. The minimum Gasteiger partial charge on any atom is -0.481 e. The standard InChI is InChI=1S/C15H15N3O5.C2H4O2/c16-9-3-1-2-8-12(9)15(23)18(13(8)21)10-4-5-11(20)17(6-7-19)14(10)22;1-2(3)4/h1-3,10,19H,4-7,16H2;1H3,(H,3,4). The van der Waals surface area contributed by atoms with E-state index >= 15 is 0 Å². The first-order chi connectivity index (χ1) is 12.7. The van der Waals surface area contributed by atoms with Crippen LogP contribution in [0.5, 0.6) is 0 Å². The highest BCUT2D eigenvalue weighted by Gasteiger charge is 2.47. The molecule has 0 saturated carbocycles. The van der Waals surface area contributed by atoms with Gasteiger partial charge in [-0.05, 0) is 18.6 Å². The van der Waals surface area contributed by atoms with Gasteiger partial charge in [-0.2, -0.15) is 0 Å². The molecular weight excluding hydrogens is 358 g/mol. The molecule has 4 N–H and O–H groups in total. The fourth-order valence-corrected chi connectivity index (χ4v) is 3.01. The molecule has 0 spiro atoms. The summed E-state index contributed by atoms with van der Waals surface area (Å²) in [5.41, 5.74) is 6.20. The van der Waals surface area contributed by atoms with Crippen LogP contribution >= 0.6 is 0 Å². The molecule has 2 heterocycles. The maximum atomic E-state index is 12.5. The molecule has 1 atom stereocenters. The number of β-amino-alcohol motifs (C(OH)–C–C–N with tert-alkyl or cyclic N) is 1. The molecule has 1 saturated heterocycles. The predicted molar refractivity (Wildman–Crippen MR) is 91.5 cm³/mol. The van der Waals surface area contributed by atoms with Crippen LogP contribution < -0.4 is 5.73 Å². The lowest BCUT2D eigenvalue weighted by molar-refractivity contribution is -0.152. The van der Waals surface area contributed by atoms with Gasteiger partial charge in [-0.1, -0.05) is 6.07 Å². The third-order valence-electron chi connectivity index (χ3n) is 4.10. The fraction of sp³-hybridized carbons (Fsp3) is 0.353. The van der Waals surface area contributed by atoms with Crippen LogP contribution in [0.2, 0.25) is 0 Å². The third-order valence-corrected chi connectivity index (χ3v) is 4.10. The van der Waals surface area contributed by atoms with Gasteiger partial charge >= 0.3 is 0 Å². The van der Waals surface area contributed by atoms with Crippen molar-refractivity contribution in [2.75, 3.05) is 18.9 Å². The fourth-order valence-electron chi connectivity index (χ4n) is 3.01. The number of benzene rings is 1. The Kier molecular flexibility index (Phi) is 5.91. The number of carboxylic acids is 1. The van der Waals surface area contributed by atoms with E-state index in [1.54, 1.807) is 6.07 Å². The Morgan fingerprint density at radius 3 is 2.41 bits per heavy atom. The molecule has 27 heavy (non-hydrogen) atoms. The average molecular weight is 377 g/mol. The van der Waals surface area contributed by atoms with E-state index in [9.17, 15) is 19.2 Å². The molecule has 3 rings (SSSR count). The second-order valence-electron chi connectivity index (χ2n) is 5.93. The molecule has 0 aliphatic carbocycles. The largest absolute Gasteiger partial charge is 0.481 e. The molecule has 2 aliphatic heterocycles. The van der Waals surface area contributed by atoms with Crippen LogP contribution in [-0.4, -0.2) is 68.8 Å². The number of aliphatic carboxylic acids is 1. The van der Waals surface area contributed by atoms with Gasteiger partial charge in [-0.25, -0.2) is 0 Å². The number of imide groups is 2. The first kappa shape index (κ1) is 20.0. The summed E-state index contributed by atoms with van der Waals surface area (Å²) in [4.78, 5) is 60.0. The predicted octanol–water partition coefficient (Wildman–Crippen LogP) is -0.534. The number of anilines is 1. The number of aliphatic hydroxyl groups is 1. The number of rotatable bonds is 3. The van der Waals surface area contributed by atoms with Gasteiger partial charge in [-0.15, -0.1) is 0 Å². The smallest absolute Gasteiger partial charge is 0.300 e.